The van der Waals surface area contributed by atoms with Crippen LogP contribution in [0.1, 0.15) is 12.0 Å². The Morgan fingerprint density at radius 2 is 2.12 bits per heavy atom. The molecule has 3 N–H and O–H groups in total. The zero-order valence-electron chi connectivity index (χ0n) is 13.6. The molecule has 2 atom stereocenters. The summed E-state index contributed by atoms with van der Waals surface area (Å²) in [7, 11) is 1.78. The SMILES string of the molecule is CNC[C@@H]1C[C@H](F)CN1C(=O)/C=C/c1ccc(OCC(N)=O)cc1. The molecule has 1 saturated heterocycles. The number of nitrogens with one attached hydrogen (secondary N) is 1. The second-order valence-electron chi connectivity index (χ2n) is 5.69. The fourth-order valence-electron chi connectivity index (χ4n) is 2.65. The molecule has 1 aromatic rings. The summed E-state index contributed by atoms with van der Waals surface area (Å²) in [6.45, 7) is 0.529. The summed E-state index contributed by atoms with van der Waals surface area (Å²) in [5.74, 6) is -0.229. The van der Waals surface area contributed by atoms with Crippen LogP contribution in [0.2, 0.25) is 0 Å². The van der Waals surface area contributed by atoms with Crippen LogP contribution in [0.15, 0.2) is 30.3 Å². The molecule has 1 aliphatic heterocycles. The van der Waals surface area contributed by atoms with Crippen LogP contribution in [0.25, 0.3) is 6.08 Å². The summed E-state index contributed by atoms with van der Waals surface area (Å²) in [4.78, 5) is 24.5. The molecule has 2 rings (SSSR count). The number of benzene rings is 1. The predicted molar refractivity (Wildman–Crippen MR) is 89.1 cm³/mol. The van der Waals surface area contributed by atoms with Gasteiger partial charge in [0.15, 0.2) is 6.61 Å². The van der Waals surface area contributed by atoms with Crippen molar-refractivity contribution in [2.75, 3.05) is 26.7 Å². The number of primary amides is 1. The van der Waals surface area contributed by atoms with Crippen molar-refractivity contribution in [1.82, 2.24) is 10.2 Å². The van der Waals surface area contributed by atoms with Gasteiger partial charge in [0.25, 0.3) is 5.91 Å². The first-order chi connectivity index (χ1) is 11.5. The van der Waals surface area contributed by atoms with Gasteiger partial charge in [0.1, 0.15) is 11.9 Å². The molecule has 1 aromatic carbocycles. The first kappa shape index (κ1) is 17.9. The van der Waals surface area contributed by atoms with Gasteiger partial charge in [-0.3, -0.25) is 9.59 Å². The lowest BCUT2D eigenvalue weighted by molar-refractivity contribution is -0.126. The van der Waals surface area contributed by atoms with Crippen molar-refractivity contribution in [1.29, 1.82) is 0 Å². The average Bonchev–Trinajstić information content (AvgIpc) is 2.92. The molecule has 0 unspecified atom stereocenters. The van der Waals surface area contributed by atoms with Crippen molar-refractivity contribution >= 4 is 17.9 Å². The summed E-state index contributed by atoms with van der Waals surface area (Å²) in [6, 6.07) is 6.77. The molecule has 0 saturated carbocycles. The number of nitrogens with two attached hydrogens (primary N) is 1. The molecule has 0 aromatic heterocycles. The van der Waals surface area contributed by atoms with Crippen LogP contribution in [0, 0.1) is 0 Å². The highest BCUT2D eigenvalue weighted by Gasteiger charge is 2.33. The summed E-state index contributed by atoms with van der Waals surface area (Å²) >= 11 is 0. The fraction of sp³-hybridized carbons (Fsp3) is 0.412. The van der Waals surface area contributed by atoms with Crippen LogP contribution >= 0.6 is 0 Å². The molecule has 1 fully saturated rings. The van der Waals surface area contributed by atoms with Gasteiger partial charge >= 0.3 is 0 Å². The second kappa shape index (κ2) is 8.44. The Hall–Kier alpha value is -2.41. The molecule has 1 heterocycles. The average molecular weight is 335 g/mol. The van der Waals surface area contributed by atoms with Gasteiger partial charge in [-0.15, -0.1) is 0 Å². The standard InChI is InChI=1S/C17H22FN3O3/c1-20-9-14-8-13(18)10-21(14)17(23)7-4-12-2-5-15(6-3-12)24-11-16(19)22/h2-7,13-14,20H,8-11H2,1H3,(H2,19,22)/b7-4+/t13-,14-/m0/s1. The fourth-order valence-corrected chi connectivity index (χ4v) is 2.65. The van der Waals surface area contributed by atoms with Crippen LogP contribution in [-0.4, -0.2) is 55.7 Å². The number of nitrogens with zero attached hydrogens (tertiary/aromatic N) is 1. The molecule has 2 amide bonds. The highest BCUT2D eigenvalue weighted by Crippen LogP contribution is 2.21. The molecule has 130 valence electrons. The number of hydrogen-bond acceptors (Lipinski definition) is 4. The molecule has 0 aliphatic carbocycles. The quantitative estimate of drug-likeness (QED) is 0.719. The van der Waals surface area contributed by atoms with E-state index in [1.165, 1.54) is 6.08 Å². The van der Waals surface area contributed by atoms with E-state index in [4.69, 9.17) is 10.5 Å². The minimum Gasteiger partial charge on any atom is -0.484 e. The lowest BCUT2D eigenvalue weighted by Crippen LogP contribution is -2.40. The van der Waals surface area contributed by atoms with Crippen molar-refractivity contribution in [2.24, 2.45) is 5.73 Å². The minimum absolute atomic E-state index is 0.119. The highest BCUT2D eigenvalue weighted by atomic mass is 19.1. The Balaban J connectivity index is 1.94. The highest BCUT2D eigenvalue weighted by molar-refractivity contribution is 5.92. The summed E-state index contributed by atoms with van der Waals surface area (Å²) in [5, 5.41) is 2.98. The van der Waals surface area contributed by atoms with Crippen molar-refractivity contribution in [3.8, 4) is 5.75 Å². The zero-order valence-corrected chi connectivity index (χ0v) is 13.6. The van der Waals surface area contributed by atoms with Crippen LogP contribution in [0.4, 0.5) is 4.39 Å². The smallest absolute Gasteiger partial charge is 0.255 e. The molecule has 1 aliphatic rings. The largest absolute Gasteiger partial charge is 0.484 e. The van der Waals surface area contributed by atoms with Crippen LogP contribution in [-0.2, 0) is 9.59 Å². The number of ether oxygens (including phenoxy) is 1. The van der Waals surface area contributed by atoms with E-state index in [0.717, 1.165) is 5.56 Å². The third-order valence-electron chi connectivity index (χ3n) is 3.77. The van der Waals surface area contributed by atoms with Crippen molar-refractivity contribution in [2.45, 2.75) is 18.6 Å². The van der Waals surface area contributed by atoms with E-state index in [1.54, 1.807) is 42.3 Å². The number of alkyl halides is 1. The van der Waals surface area contributed by atoms with Gasteiger partial charge in [0, 0.05) is 25.1 Å². The van der Waals surface area contributed by atoms with E-state index < -0.39 is 12.1 Å². The summed E-state index contributed by atoms with van der Waals surface area (Å²) in [5.41, 5.74) is 5.81. The number of carbonyl (C=O) groups is 2. The number of hydrogen-bond donors (Lipinski definition) is 2. The topological polar surface area (TPSA) is 84.7 Å². The second-order valence-corrected chi connectivity index (χ2v) is 5.69. The summed E-state index contributed by atoms with van der Waals surface area (Å²) in [6.07, 6.45) is 2.51. The van der Waals surface area contributed by atoms with E-state index in [9.17, 15) is 14.0 Å². The molecule has 0 spiro atoms. The monoisotopic (exact) mass is 335 g/mol. The number of amides is 2. The molecule has 24 heavy (non-hydrogen) atoms. The Labute approximate surface area is 140 Å². The van der Waals surface area contributed by atoms with Crippen LogP contribution in [0.3, 0.4) is 0 Å². The number of carbonyl (C=O) groups excluding carboxylic acids is 2. The molecular formula is C17H22FN3O3. The van der Waals surface area contributed by atoms with Gasteiger partial charge in [0.2, 0.25) is 5.91 Å². The third-order valence-corrected chi connectivity index (χ3v) is 3.77. The van der Waals surface area contributed by atoms with Crippen LogP contribution in [0.5, 0.6) is 5.75 Å². The van der Waals surface area contributed by atoms with Gasteiger partial charge in [-0.25, -0.2) is 4.39 Å². The van der Waals surface area contributed by atoms with E-state index in [-0.39, 0.29) is 25.1 Å². The predicted octanol–water partition coefficient (Wildman–Crippen LogP) is 0.722. The number of rotatable bonds is 7. The molecule has 7 heteroatoms. The maximum absolute atomic E-state index is 13.6. The number of likely N-dealkylation sites (tertiary alicyclic amines) is 1. The Kier molecular flexibility index (Phi) is 6.31. The first-order valence-electron chi connectivity index (χ1n) is 7.78. The lowest BCUT2D eigenvalue weighted by atomic mass is 10.2. The minimum atomic E-state index is -0.970. The molecule has 0 radical (unpaired) electrons. The number of likely N-dealkylation sites (N-methyl/N-ethyl adjacent to an activating group) is 1. The maximum atomic E-state index is 13.6. The zero-order chi connectivity index (χ0) is 17.5. The maximum Gasteiger partial charge on any atom is 0.255 e. The number of halogens is 1. The van der Waals surface area contributed by atoms with Gasteiger partial charge in [0.05, 0.1) is 6.54 Å². The van der Waals surface area contributed by atoms with Gasteiger partial charge in [-0.2, -0.15) is 0 Å². The molecular weight excluding hydrogens is 313 g/mol. The first-order valence-corrected chi connectivity index (χ1v) is 7.78. The Morgan fingerprint density at radius 3 is 2.75 bits per heavy atom. The summed E-state index contributed by atoms with van der Waals surface area (Å²) < 4.78 is 18.7. The van der Waals surface area contributed by atoms with Gasteiger partial charge in [-0.05, 0) is 30.8 Å². The van der Waals surface area contributed by atoms with E-state index in [0.29, 0.717) is 18.7 Å². The van der Waals surface area contributed by atoms with E-state index >= 15 is 0 Å². The third kappa shape index (κ3) is 5.06. The van der Waals surface area contributed by atoms with Gasteiger partial charge < -0.3 is 20.7 Å². The van der Waals surface area contributed by atoms with Crippen molar-refractivity contribution < 1.29 is 18.7 Å². The normalized spacial score (nSPS) is 20.5. The van der Waals surface area contributed by atoms with Crippen molar-refractivity contribution in [3.63, 3.8) is 0 Å². The van der Waals surface area contributed by atoms with Gasteiger partial charge in [-0.1, -0.05) is 12.1 Å². The van der Waals surface area contributed by atoms with E-state index in [1.807, 2.05) is 0 Å². The van der Waals surface area contributed by atoms with E-state index in [2.05, 4.69) is 5.32 Å². The molecule has 0 bridgehead atoms. The Bertz CT molecular complexity index is 604. The van der Waals surface area contributed by atoms with Crippen molar-refractivity contribution in [3.05, 3.63) is 35.9 Å². The Morgan fingerprint density at radius 1 is 1.42 bits per heavy atom. The molecule has 6 nitrogen and oxygen atoms in total. The van der Waals surface area contributed by atoms with Crippen LogP contribution < -0.4 is 15.8 Å². The lowest BCUT2D eigenvalue weighted by Gasteiger charge is -2.22.